The fraction of sp³-hybridized carbons (Fsp3) is 0.333. The molecule has 1 unspecified atom stereocenters. The van der Waals surface area contributed by atoms with Gasteiger partial charge in [0.25, 0.3) is 0 Å². The van der Waals surface area contributed by atoms with Crippen LogP contribution < -0.4 is 5.73 Å². The molecule has 1 aromatic rings. The molecule has 5 heteroatoms. The van der Waals surface area contributed by atoms with E-state index in [0.29, 0.717) is 0 Å². The van der Waals surface area contributed by atoms with Gasteiger partial charge in [-0.1, -0.05) is 0 Å². The average molecular weight is 284 g/mol. The summed E-state index contributed by atoms with van der Waals surface area (Å²) in [5, 5.41) is 8.71. The molecule has 0 aliphatic heterocycles. The van der Waals surface area contributed by atoms with Crippen LogP contribution in [0.3, 0.4) is 0 Å². The van der Waals surface area contributed by atoms with Crippen molar-refractivity contribution in [3.63, 3.8) is 0 Å². The van der Waals surface area contributed by atoms with Crippen molar-refractivity contribution in [3.8, 4) is 0 Å². The fourth-order valence-corrected chi connectivity index (χ4v) is 1.41. The number of nitrogens with two attached hydrogens (primary N) is 1. The van der Waals surface area contributed by atoms with E-state index in [-0.39, 0.29) is 12.6 Å². The highest BCUT2D eigenvalue weighted by atomic mass is 79.9. The normalized spacial score (nSPS) is 13.5. The Bertz CT molecular complexity index is 229. The van der Waals surface area contributed by atoms with E-state index < -0.39 is 0 Å². The molecular weight excluding hydrogens is 276 g/mol. The molecule has 0 saturated heterocycles. The molecule has 1 atom stereocenters. The maximum absolute atomic E-state index is 8.71. The summed E-state index contributed by atoms with van der Waals surface area (Å²) in [4.78, 5) is 2.98. The highest BCUT2D eigenvalue weighted by Crippen LogP contribution is 2.25. The van der Waals surface area contributed by atoms with Crippen molar-refractivity contribution in [2.24, 2.45) is 5.73 Å². The first-order valence-corrected chi connectivity index (χ1v) is 4.64. The minimum absolute atomic E-state index is 0.0562. The second kappa shape index (κ2) is 3.71. The van der Waals surface area contributed by atoms with Crippen LogP contribution in [0.15, 0.2) is 15.1 Å². The van der Waals surface area contributed by atoms with E-state index >= 15 is 0 Å². The van der Waals surface area contributed by atoms with E-state index in [1.807, 2.05) is 6.07 Å². The van der Waals surface area contributed by atoms with Gasteiger partial charge in [0, 0.05) is 10.2 Å². The summed E-state index contributed by atoms with van der Waals surface area (Å²) in [6.45, 7) is -0.0562. The number of rotatable bonds is 2. The molecule has 0 spiro atoms. The first kappa shape index (κ1) is 9.25. The molecule has 1 rings (SSSR count). The topological polar surface area (TPSA) is 62.0 Å². The van der Waals surface area contributed by atoms with Crippen LogP contribution in [-0.4, -0.2) is 16.7 Å². The lowest BCUT2D eigenvalue weighted by Crippen LogP contribution is -2.14. The quantitative estimate of drug-likeness (QED) is 0.771. The molecule has 0 aromatic carbocycles. The van der Waals surface area contributed by atoms with Gasteiger partial charge in [0.15, 0.2) is 0 Å². The predicted molar refractivity (Wildman–Crippen MR) is 50.2 cm³/mol. The molecule has 11 heavy (non-hydrogen) atoms. The first-order chi connectivity index (χ1) is 5.15. The van der Waals surface area contributed by atoms with Crippen molar-refractivity contribution in [1.29, 1.82) is 0 Å². The summed E-state index contributed by atoms with van der Waals surface area (Å²) in [6.07, 6.45) is 0. The smallest absolute Gasteiger partial charge is 0.0966 e. The Hall–Kier alpha value is 0.160. The maximum Gasteiger partial charge on any atom is 0.0966 e. The summed E-state index contributed by atoms with van der Waals surface area (Å²) in [7, 11) is 0. The van der Waals surface area contributed by atoms with Gasteiger partial charge in [-0.25, -0.2) is 0 Å². The molecule has 3 nitrogen and oxygen atoms in total. The summed E-state index contributed by atoms with van der Waals surface area (Å²) in [5.74, 6) is 0. The van der Waals surface area contributed by atoms with Crippen LogP contribution in [0.4, 0.5) is 0 Å². The minimum Gasteiger partial charge on any atom is -0.394 e. The molecule has 1 heterocycles. The molecule has 0 saturated carbocycles. The van der Waals surface area contributed by atoms with Gasteiger partial charge in [-0.15, -0.1) is 0 Å². The second-order valence-corrected chi connectivity index (χ2v) is 3.82. The number of aliphatic hydroxyl groups excluding tert-OH is 1. The van der Waals surface area contributed by atoms with Crippen molar-refractivity contribution in [2.45, 2.75) is 6.04 Å². The average Bonchev–Trinajstić information content (AvgIpc) is 2.31. The van der Waals surface area contributed by atoms with Gasteiger partial charge in [-0.3, -0.25) is 0 Å². The Morgan fingerprint density at radius 3 is 2.64 bits per heavy atom. The Labute approximate surface area is 81.2 Å². The Kier molecular flexibility index (Phi) is 3.12. The predicted octanol–water partition coefficient (Wildman–Crippen LogP) is 1.53. The zero-order valence-corrected chi connectivity index (χ0v) is 8.81. The summed E-state index contributed by atoms with van der Waals surface area (Å²) in [6, 6.07) is 1.50. The van der Waals surface area contributed by atoms with Gasteiger partial charge in [-0.05, 0) is 37.9 Å². The lowest BCUT2D eigenvalue weighted by Gasteiger charge is -2.03. The fourth-order valence-electron chi connectivity index (χ4n) is 0.720. The van der Waals surface area contributed by atoms with E-state index in [1.165, 1.54) is 0 Å². The lowest BCUT2D eigenvalue weighted by molar-refractivity contribution is 0.266. The monoisotopic (exact) mass is 282 g/mol. The highest BCUT2D eigenvalue weighted by molar-refractivity contribution is 9.13. The van der Waals surface area contributed by atoms with Gasteiger partial charge >= 0.3 is 0 Å². The zero-order chi connectivity index (χ0) is 8.43. The molecule has 1 aromatic heterocycles. The van der Waals surface area contributed by atoms with Crippen molar-refractivity contribution >= 4 is 31.9 Å². The van der Waals surface area contributed by atoms with Gasteiger partial charge < -0.3 is 15.8 Å². The van der Waals surface area contributed by atoms with Crippen LogP contribution in [-0.2, 0) is 0 Å². The number of nitrogens with one attached hydrogen (secondary N) is 1. The molecule has 0 bridgehead atoms. The Balaban J connectivity index is 2.88. The summed E-state index contributed by atoms with van der Waals surface area (Å²) >= 11 is 6.57. The standard InChI is InChI=1S/C6H8Br2N2O/c7-3-1-5(4(9)2-11)10-6(3)8/h1,4,10-11H,2,9H2. The number of hydrogen-bond donors (Lipinski definition) is 3. The van der Waals surface area contributed by atoms with Gasteiger partial charge in [0.05, 0.1) is 17.3 Å². The largest absolute Gasteiger partial charge is 0.394 e. The van der Waals surface area contributed by atoms with E-state index in [9.17, 15) is 0 Å². The van der Waals surface area contributed by atoms with E-state index in [2.05, 4.69) is 36.8 Å². The SMILES string of the molecule is NC(CO)c1cc(Br)c(Br)[nH]1. The zero-order valence-electron chi connectivity index (χ0n) is 5.64. The minimum atomic E-state index is -0.336. The van der Waals surface area contributed by atoms with Crippen LogP contribution in [0.25, 0.3) is 0 Å². The third-order valence-electron chi connectivity index (χ3n) is 1.34. The second-order valence-electron chi connectivity index (χ2n) is 2.18. The Morgan fingerprint density at radius 1 is 1.64 bits per heavy atom. The summed E-state index contributed by atoms with van der Waals surface area (Å²) < 4.78 is 1.76. The molecule has 62 valence electrons. The molecular formula is C6H8Br2N2O. The van der Waals surface area contributed by atoms with Crippen molar-refractivity contribution in [1.82, 2.24) is 4.98 Å². The number of hydrogen-bond acceptors (Lipinski definition) is 2. The number of aromatic amines is 1. The molecule has 0 amide bonds. The molecule has 0 radical (unpaired) electrons. The number of H-pyrrole nitrogens is 1. The van der Waals surface area contributed by atoms with Crippen LogP contribution >= 0.6 is 31.9 Å². The van der Waals surface area contributed by atoms with Gasteiger partial charge in [-0.2, -0.15) is 0 Å². The number of aromatic nitrogens is 1. The van der Waals surface area contributed by atoms with Crippen LogP contribution in [0.5, 0.6) is 0 Å². The number of halogens is 2. The van der Waals surface area contributed by atoms with Crippen LogP contribution in [0.1, 0.15) is 11.7 Å². The molecule has 0 aliphatic carbocycles. The Morgan fingerprint density at radius 2 is 2.27 bits per heavy atom. The van der Waals surface area contributed by atoms with Gasteiger partial charge in [0.1, 0.15) is 0 Å². The van der Waals surface area contributed by atoms with Gasteiger partial charge in [0.2, 0.25) is 0 Å². The third-order valence-corrected chi connectivity index (χ3v) is 3.13. The van der Waals surface area contributed by atoms with E-state index in [1.54, 1.807) is 0 Å². The molecule has 4 N–H and O–H groups in total. The summed E-state index contributed by atoms with van der Waals surface area (Å²) in [5.41, 5.74) is 6.36. The van der Waals surface area contributed by atoms with Crippen LogP contribution in [0, 0.1) is 0 Å². The first-order valence-electron chi connectivity index (χ1n) is 3.05. The van der Waals surface area contributed by atoms with Crippen molar-refractivity contribution in [3.05, 3.63) is 20.8 Å². The third kappa shape index (κ3) is 2.05. The number of aliphatic hydroxyl groups is 1. The lowest BCUT2D eigenvalue weighted by atomic mass is 10.2. The van der Waals surface area contributed by atoms with E-state index in [4.69, 9.17) is 10.8 Å². The highest BCUT2D eigenvalue weighted by Gasteiger charge is 2.08. The van der Waals surface area contributed by atoms with Crippen LogP contribution in [0.2, 0.25) is 0 Å². The van der Waals surface area contributed by atoms with Crippen molar-refractivity contribution in [2.75, 3.05) is 6.61 Å². The maximum atomic E-state index is 8.71. The van der Waals surface area contributed by atoms with E-state index in [0.717, 1.165) is 14.8 Å². The molecule has 0 aliphatic rings. The van der Waals surface area contributed by atoms with Crippen molar-refractivity contribution < 1.29 is 5.11 Å². The molecule has 0 fully saturated rings.